The molecular formula is C16H26N2O. The molecule has 19 heavy (non-hydrogen) atoms. The van der Waals surface area contributed by atoms with Crippen molar-refractivity contribution in [2.24, 2.45) is 11.7 Å². The van der Waals surface area contributed by atoms with E-state index in [1.807, 2.05) is 12.1 Å². The largest absolute Gasteiger partial charge is 0.507 e. The quantitative estimate of drug-likeness (QED) is 0.861. The predicted molar refractivity (Wildman–Crippen MR) is 79.3 cm³/mol. The van der Waals surface area contributed by atoms with Crippen molar-refractivity contribution in [3.63, 3.8) is 0 Å². The Balaban J connectivity index is 2.36. The molecule has 0 aromatic heterocycles. The molecule has 0 spiro atoms. The molecule has 106 valence electrons. The van der Waals surface area contributed by atoms with E-state index in [0.29, 0.717) is 11.7 Å². The molecule has 1 aliphatic heterocycles. The van der Waals surface area contributed by atoms with Gasteiger partial charge in [-0.15, -0.1) is 0 Å². The summed E-state index contributed by atoms with van der Waals surface area (Å²) in [6, 6.07) is 6.41. The highest BCUT2D eigenvalue weighted by Crippen LogP contribution is 2.41. The van der Waals surface area contributed by atoms with Crippen molar-refractivity contribution in [1.29, 1.82) is 0 Å². The molecule has 0 radical (unpaired) electrons. The Morgan fingerprint density at radius 2 is 2.05 bits per heavy atom. The Morgan fingerprint density at radius 3 is 2.58 bits per heavy atom. The second kappa shape index (κ2) is 5.14. The van der Waals surface area contributed by atoms with Gasteiger partial charge in [0.15, 0.2) is 0 Å². The third-order valence-corrected chi connectivity index (χ3v) is 4.20. The first-order chi connectivity index (χ1) is 8.84. The van der Waals surface area contributed by atoms with Gasteiger partial charge in [0, 0.05) is 18.2 Å². The van der Waals surface area contributed by atoms with E-state index < -0.39 is 0 Å². The van der Waals surface area contributed by atoms with Crippen LogP contribution in [0.4, 0.5) is 0 Å². The van der Waals surface area contributed by atoms with Crippen LogP contribution in [0.15, 0.2) is 18.2 Å². The number of para-hydroxylation sites is 1. The molecular weight excluding hydrogens is 236 g/mol. The van der Waals surface area contributed by atoms with Gasteiger partial charge in [-0.05, 0) is 36.9 Å². The third-order valence-electron chi connectivity index (χ3n) is 4.20. The first-order valence-corrected chi connectivity index (χ1v) is 7.07. The van der Waals surface area contributed by atoms with Gasteiger partial charge in [0.05, 0.1) is 0 Å². The van der Waals surface area contributed by atoms with Crippen LogP contribution in [0.3, 0.4) is 0 Å². The maximum absolute atomic E-state index is 10.6. The number of nitrogens with zero attached hydrogens (tertiary/aromatic N) is 1. The van der Waals surface area contributed by atoms with Crippen LogP contribution in [0.1, 0.15) is 44.4 Å². The molecule has 0 amide bonds. The van der Waals surface area contributed by atoms with E-state index in [1.54, 1.807) is 0 Å². The zero-order valence-corrected chi connectivity index (χ0v) is 12.5. The maximum atomic E-state index is 10.6. The van der Waals surface area contributed by atoms with Gasteiger partial charge in [-0.2, -0.15) is 0 Å². The average Bonchev–Trinajstić information content (AvgIpc) is 2.69. The number of hydrogen-bond donors (Lipinski definition) is 2. The second-order valence-electron chi connectivity index (χ2n) is 6.79. The molecule has 1 aliphatic rings. The monoisotopic (exact) mass is 262 g/mol. The van der Waals surface area contributed by atoms with E-state index in [4.69, 9.17) is 5.73 Å². The van der Waals surface area contributed by atoms with E-state index >= 15 is 0 Å². The fourth-order valence-electron chi connectivity index (χ4n) is 3.08. The molecule has 2 rings (SSSR count). The Kier molecular flexibility index (Phi) is 3.88. The minimum absolute atomic E-state index is 0.0372. The van der Waals surface area contributed by atoms with Crippen LogP contribution >= 0.6 is 0 Å². The first-order valence-electron chi connectivity index (χ1n) is 7.07. The lowest BCUT2D eigenvalue weighted by molar-refractivity contribution is 0.304. The van der Waals surface area contributed by atoms with Crippen LogP contribution in [0, 0.1) is 5.92 Å². The second-order valence-corrected chi connectivity index (χ2v) is 6.79. The Hall–Kier alpha value is -1.06. The van der Waals surface area contributed by atoms with Crippen molar-refractivity contribution in [2.75, 3.05) is 20.1 Å². The first kappa shape index (κ1) is 14.4. The van der Waals surface area contributed by atoms with Crippen LogP contribution in [-0.4, -0.2) is 30.1 Å². The fraction of sp³-hybridized carbons (Fsp3) is 0.625. The summed E-state index contributed by atoms with van der Waals surface area (Å²) >= 11 is 0. The molecule has 0 bridgehead atoms. The van der Waals surface area contributed by atoms with Crippen molar-refractivity contribution in [3.8, 4) is 5.75 Å². The molecule has 2 unspecified atom stereocenters. The minimum atomic E-state index is -0.0372. The van der Waals surface area contributed by atoms with E-state index in [2.05, 4.69) is 38.8 Å². The Labute approximate surface area is 116 Å². The molecule has 0 aliphatic carbocycles. The van der Waals surface area contributed by atoms with Gasteiger partial charge >= 0.3 is 0 Å². The SMILES string of the molecule is CN1CC(CN)CC1c1cccc(C(C)(C)C)c1O. The Bertz CT molecular complexity index is 451. The number of phenols is 1. The summed E-state index contributed by atoms with van der Waals surface area (Å²) in [6.45, 7) is 8.13. The van der Waals surface area contributed by atoms with Gasteiger partial charge in [0.2, 0.25) is 0 Å². The van der Waals surface area contributed by atoms with Gasteiger partial charge in [-0.3, -0.25) is 4.90 Å². The van der Waals surface area contributed by atoms with Crippen molar-refractivity contribution in [1.82, 2.24) is 4.90 Å². The number of hydrogen-bond acceptors (Lipinski definition) is 3. The molecule has 0 saturated carbocycles. The molecule has 3 N–H and O–H groups in total. The molecule has 1 saturated heterocycles. The molecule has 3 heteroatoms. The molecule has 1 fully saturated rings. The highest BCUT2D eigenvalue weighted by molar-refractivity contribution is 5.45. The summed E-state index contributed by atoms with van der Waals surface area (Å²) in [5, 5.41) is 10.6. The number of rotatable bonds is 2. The van der Waals surface area contributed by atoms with E-state index in [9.17, 15) is 5.11 Å². The zero-order valence-electron chi connectivity index (χ0n) is 12.5. The molecule has 1 heterocycles. The number of nitrogens with two attached hydrogens (primary N) is 1. The van der Waals surface area contributed by atoms with Gasteiger partial charge in [-0.1, -0.05) is 39.0 Å². The zero-order chi connectivity index (χ0) is 14.2. The highest BCUT2D eigenvalue weighted by atomic mass is 16.3. The van der Waals surface area contributed by atoms with Gasteiger partial charge in [0.25, 0.3) is 0 Å². The summed E-state index contributed by atoms with van der Waals surface area (Å²) in [5.74, 6) is 0.997. The maximum Gasteiger partial charge on any atom is 0.124 e. The topological polar surface area (TPSA) is 49.5 Å². The average molecular weight is 262 g/mol. The number of likely N-dealkylation sites (tertiary alicyclic amines) is 1. The summed E-state index contributed by atoms with van der Waals surface area (Å²) in [5.41, 5.74) is 7.82. The van der Waals surface area contributed by atoms with Gasteiger partial charge in [-0.25, -0.2) is 0 Å². The minimum Gasteiger partial charge on any atom is -0.507 e. The van der Waals surface area contributed by atoms with Crippen LogP contribution in [0.2, 0.25) is 0 Å². The van der Waals surface area contributed by atoms with Crippen molar-refractivity contribution >= 4 is 0 Å². The fourth-order valence-corrected chi connectivity index (χ4v) is 3.08. The van der Waals surface area contributed by atoms with Crippen molar-refractivity contribution in [3.05, 3.63) is 29.3 Å². The highest BCUT2D eigenvalue weighted by Gasteiger charge is 2.32. The lowest BCUT2D eigenvalue weighted by Gasteiger charge is -2.26. The Morgan fingerprint density at radius 1 is 1.37 bits per heavy atom. The lowest BCUT2D eigenvalue weighted by Crippen LogP contribution is -2.21. The van der Waals surface area contributed by atoms with Crippen LogP contribution in [-0.2, 0) is 5.41 Å². The summed E-state index contributed by atoms with van der Waals surface area (Å²) in [7, 11) is 2.11. The summed E-state index contributed by atoms with van der Waals surface area (Å²) in [6.07, 6.45) is 1.04. The molecule has 1 aromatic carbocycles. The van der Waals surface area contributed by atoms with Gasteiger partial charge in [0.1, 0.15) is 5.75 Å². The van der Waals surface area contributed by atoms with Crippen LogP contribution in [0.25, 0.3) is 0 Å². The van der Waals surface area contributed by atoms with Gasteiger partial charge < -0.3 is 10.8 Å². The summed E-state index contributed by atoms with van der Waals surface area (Å²) < 4.78 is 0. The van der Waals surface area contributed by atoms with E-state index in [1.165, 1.54) is 0 Å². The normalized spacial score (nSPS) is 24.9. The van der Waals surface area contributed by atoms with Crippen LogP contribution in [0.5, 0.6) is 5.75 Å². The van der Waals surface area contributed by atoms with Crippen molar-refractivity contribution in [2.45, 2.75) is 38.6 Å². The number of benzene rings is 1. The molecule has 3 nitrogen and oxygen atoms in total. The van der Waals surface area contributed by atoms with Crippen molar-refractivity contribution < 1.29 is 5.11 Å². The summed E-state index contributed by atoms with van der Waals surface area (Å²) in [4.78, 5) is 2.30. The van der Waals surface area contributed by atoms with E-state index in [-0.39, 0.29) is 11.5 Å². The molecule has 1 aromatic rings. The third kappa shape index (κ3) is 2.77. The smallest absolute Gasteiger partial charge is 0.124 e. The molecule has 2 atom stereocenters. The number of phenolic OH excluding ortho intramolecular Hbond substituents is 1. The predicted octanol–water partition coefficient (Wildman–Crippen LogP) is 2.64. The standard InChI is InChI=1S/C16H26N2O/c1-16(2,3)13-7-5-6-12(15(13)19)14-8-11(9-17)10-18(14)4/h5-7,11,14,19H,8-10,17H2,1-4H3. The lowest BCUT2D eigenvalue weighted by atomic mass is 9.84. The number of aromatic hydroxyl groups is 1. The van der Waals surface area contributed by atoms with E-state index in [0.717, 1.165) is 30.6 Å². The van der Waals surface area contributed by atoms with Crippen LogP contribution < -0.4 is 5.73 Å².